The Balaban J connectivity index is 2.92. The first-order chi connectivity index (χ1) is 7.16. The highest BCUT2D eigenvalue weighted by molar-refractivity contribution is 6.03. The van der Waals surface area contributed by atoms with Crippen molar-refractivity contribution in [3.8, 4) is 0 Å². The van der Waals surface area contributed by atoms with Gasteiger partial charge in [-0.25, -0.2) is 4.79 Å². The maximum atomic E-state index is 11.4. The first kappa shape index (κ1) is 11.1. The van der Waals surface area contributed by atoms with E-state index in [1.807, 2.05) is 0 Å². The number of aromatic nitrogens is 1. The van der Waals surface area contributed by atoms with Gasteiger partial charge in [-0.3, -0.25) is 9.78 Å². The molecule has 80 valence electrons. The van der Waals surface area contributed by atoms with Crippen LogP contribution in [-0.2, 0) is 0 Å². The molecule has 1 rings (SSSR count). The number of amides is 1. The lowest BCUT2D eigenvalue weighted by Gasteiger charge is -2.04. The third-order valence-corrected chi connectivity index (χ3v) is 1.65. The Hall–Kier alpha value is -1.95. The van der Waals surface area contributed by atoms with Gasteiger partial charge < -0.3 is 15.5 Å². The molecule has 0 atom stereocenters. The fraction of sp³-hybridized carbons (Fsp3) is 0.222. The van der Waals surface area contributed by atoms with E-state index in [2.05, 4.69) is 10.3 Å². The van der Waals surface area contributed by atoms with Crippen molar-refractivity contribution in [2.75, 3.05) is 13.2 Å². The van der Waals surface area contributed by atoms with Crippen molar-refractivity contribution in [3.63, 3.8) is 0 Å². The van der Waals surface area contributed by atoms with Gasteiger partial charge in [0.25, 0.3) is 5.91 Å². The predicted molar refractivity (Wildman–Crippen MR) is 50.6 cm³/mol. The molecule has 6 nitrogen and oxygen atoms in total. The molecule has 15 heavy (non-hydrogen) atoms. The molecule has 0 spiro atoms. The summed E-state index contributed by atoms with van der Waals surface area (Å²) in [4.78, 5) is 25.8. The molecule has 0 saturated heterocycles. The number of aliphatic hydroxyl groups excluding tert-OH is 1. The summed E-state index contributed by atoms with van der Waals surface area (Å²) in [6, 6.07) is 2.73. The smallest absolute Gasteiger partial charge is 0.338 e. The Morgan fingerprint density at radius 1 is 1.47 bits per heavy atom. The Labute approximate surface area is 85.6 Å². The van der Waals surface area contributed by atoms with Gasteiger partial charge in [0.05, 0.1) is 12.2 Å². The summed E-state index contributed by atoms with van der Waals surface area (Å²) in [6.07, 6.45) is 1.33. The maximum Gasteiger partial charge on any atom is 0.338 e. The van der Waals surface area contributed by atoms with Gasteiger partial charge in [0.15, 0.2) is 0 Å². The molecule has 1 amide bonds. The summed E-state index contributed by atoms with van der Waals surface area (Å²) in [6.45, 7) is -0.143. The first-order valence-corrected chi connectivity index (χ1v) is 4.24. The van der Waals surface area contributed by atoms with Gasteiger partial charge in [-0.05, 0) is 12.1 Å². The Morgan fingerprint density at radius 2 is 2.20 bits per heavy atom. The summed E-state index contributed by atoms with van der Waals surface area (Å²) >= 11 is 0. The molecule has 0 bridgehead atoms. The van der Waals surface area contributed by atoms with Crippen molar-refractivity contribution in [3.05, 3.63) is 29.6 Å². The van der Waals surface area contributed by atoms with Gasteiger partial charge in [-0.15, -0.1) is 0 Å². The number of carboxylic acid groups (broad SMARTS) is 1. The zero-order chi connectivity index (χ0) is 11.3. The second kappa shape index (κ2) is 5.06. The van der Waals surface area contributed by atoms with E-state index < -0.39 is 11.9 Å². The summed E-state index contributed by atoms with van der Waals surface area (Å²) in [7, 11) is 0. The van der Waals surface area contributed by atoms with Gasteiger partial charge in [0.2, 0.25) is 0 Å². The minimum absolute atomic E-state index is 0.0640. The lowest BCUT2D eigenvalue weighted by atomic mass is 10.2. The number of aromatic carboxylic acids is 1. The van der Waals surface area contributed by atoms with Crippen LogP contribution < -0.4 is 5.32 Å². The lowest BCUT2D eigenvalue weighted by molar-refractivity contribution is 0.0690. The number of nitrogens with one attached hydrogen (secondary N) is 1. The molecule has 0 fully saturated rings. The molecule has 0 aliphatic heterocycles. The van der Waals surface area contributed by atoms with Crippen molar-refractivity contribution in [1.82, 2.24) is 10.3 Å². The number of rotatable bonds is 4. The van der Waals surface area contributed by atoms with Crippen LogP contribution >= 0.6 is 0 Å². The zero-order valence-electron chi connectivity index (χ0n) is 7.80. The number of nitrogens with zero attached hydrogens (tertiary/aromatic N) is 1. The number of pyridine rings is 1. The highest BCUT2D eigenvalue weighted by atomic mass is 16.4. The van der Waals surface area contributed by atoms with E-state index in [-0.39, 0.29) is 24.4 Å². The van der Waals surface area contributed by atoms with E-state index in [0.717, 1.165) is 0 Å². The Bertz CT molecular complexity index is 378. The minimum Gasteiger partial charge on any atom is -0.478 e. The van der Waals surface area contributed by atoms with Crippen LogP contribution in [0.2, 0.25) is 0 Å². The molecule has 1 aromatic rings. The van der Waals surface area contributed by atoms with Crippen LogP contribution in [0, 0.1) is 0 Å². The van der Waals surface area contributed by atoms with Crippen molar-refractivity contribution in [1.29, 1.82) is 0 Å². The number of hydrogen-bond acceptors (Lipinski definition) is 4. The van der Waals surface area contributed by atoms with Gasteiger partial charge in [0, 0.05) is 12.7 Å². The monoisotopic (exact) mass is 210 g/mol. The fourth-order valence-electron chi connectivity index (χ4n) is 1.01. The van der Waals surface area contributed by atoms with Gasteiger partial charge in [-0.2, -0.15) is 0 Å². The molecule has 3 N–H and O–H groups in total. The quantitative estimate of drug-likeness (QED) is 0.622. The number of carboxylic acids is 1. The summed E-state index contributed by atoms with van der Waals surface area (Å²) in [5.74, 6) is -1.82. The van der Waals surface area contributed by atoms with Crippen LogP contribution in [0.5, 0.6) is 0 Å². The predicted octanol–water partition coefficient (Wildman–Crippen LogP) is -0.498. The van der Waals surface area contributed by atoms with Crippen LogP contribution in [0.3, 0.4) is 0 Å². The molecular formula is C9H10N2O4. The van der Waals surface area contributed by atoms with E-state index in [1.165, 1.54) is 18.3 Å². The van der Waals surface area contributed by atoms with Crippen molar-refractivity contribution in [2.24, 2.45) is 0 Å². The molecule has 1 heterocycles. The standard InChI is InChI=1S/C9H10N2O4/c12-5-4-11-8(13)7-6(9(14)15)2-1-3-10-7/h1-3,12H,4-5H2,(H,11,13)(H,14,15). The molecule has 0 saturated carbocycles. The van der Waals surface area contributed by atoms with Crippen molar-refractivity contribution in [2.45, 2.75) is 0 Å². The summed E-state index contributed by atoms with van der Waals surface area (Å²) in [5, 5.41) is 19.6. The number of carbonyl (C=O) groups excluding carboxylic acids is 1. The topological polar surface area (TPSA) is 99.5 Å². The zero-order valence-corrected chi connectivity index (χ0v) is 7.80. The molecule has 0 aliphatic carbocycles. The molecule has 0 aromatic carbocycles. The average Bonchev–Trinajstić information content (AvgIpc) is 2.25. The van der Waals surface area contributed by atoms with Crippen LogP contribution in [0.15, 0.2) is 18.3 Å². The normalized spacial score (nSPS) is 9.67. The van der Waals surface area contributed by atoms with Crippen LogP contribution in [0.1, 0.15) is 20.8 Å². The second-order valence-electron chi connectivity index (χ2n) is 2.68. The van der Waals surface area contributed by atoms with Crippen LogP contribution in [0.4, 0.5) is 0 Å². The SMILES string of the molecule is O=C(O)c1cccnc1C(=O)NCCO. The molecular weight excluding hydrogens is 200 g/mol. The fourth-order valence-corrected chi connectivity index (χ4v) is 1.01. The minimum atomic E-state index is -1.21. The maximum absolute atomic E-state index is 11.4. The average molecular weight is 210 g/mol. The largest absolute Gasteiger partial charge is 0.478 e. The van der Waals surface area contributed by atoms with Gasteiger partial charge in [-0.1, -0.05) is 0 Å². The summed E-state index contributed by atoms with van der Waals surface area (Å²) < 4.78 is 0. The highest BCUT2D eigenvalue weighted by Gasteiger charge is 2.16. The molecule has 1 aromatic heterocycles. The Kier molecular flexibility index (Phi) is 3.75. The Morgan fingerprint density at radius 3 is 2.80 bits per heavy atom. The molecule has 0 aliphatic rings. The second-order valence-corrected chi connectivity index (χ2v) is 2.68. The van der Waals surface area contributed by atoms with Crippen LogP contribution in [0.25, 0.3) is 0 Å². The molecule has 0 unspecified atom stereocenters. The summed E-state index contributed by atoms with van der Waals surface area (Å²) in [5.41, 5.74) is -0.314. The lowest BCUT2D eigenvalue weighted by Crippen LogP contribution is -2.28. The van der Waals surface area contributed by atoms with E-state index in [4.69, 9.17) is 10.2 Å². The van der Waals surface area contributed by atoms with E-state index in [9.17, 15) is 9.59 Å². The number of hydrogen-bond donors (Lipinski definition) is 3. The van der Waals surface area contributed by atoms with E-state index >= 15 is 0 Å². The van der Waals surface area contributed by atoms with Gasteiger partial charge in [0.1, 0.15) is 5.69 Å². The van der Waals surface area contributed by atoms with Crippen LogP contribution in [-0.4, -0.2) is 40.2 Å². The third kappa shape index (κ3) is 2.75. The number of aliphatic hydroxyl groups is 1. The van der Waals surface area contributed by atoms with E-state index in [1.54, 1.807) is 0 Å². The number of carbonyl (C=O) groups is 2. The van der Waals surface area contributed by atoms with Crippen molar-refractivity contribution >= 4 is 11.9 Å². The van der Waals surface area contributed by atoms with Crippen molar-refractivity contribution < 1.29 is 19.8 Å². The highest BCUT2D eigenvalue weighted by Crippen LogP contribution is 2.04. The third-order valence-electron chi connectivity index (χ3n) is 1.65. The van der Waals surface area contributed by atoms with E-state index in [0.29, 0.717) is 0 Å². The van der Waals surface area contributed by atoms with Gasteiger partial charge >= 0.3 is 5.97 Å². The molecule has 6 heteroatoms. The first-order valence-electron chi connectivity index (χ1n) is 4.24. The molecule has 0 radical (unpaired) electrons.